The van der Waals surface area contributed by atoms with Crippen LogP contribution in [0.5, 0.6) is 5.88 Å². The highest BCUT2D eigenvalue weighted by molar-refractivity contribution is 5.32. The van der Waals surface area contributed by atoms with E-state index in [0.29, 0.717) is 18.7 Å². The van der Waals surface area contributed by atoms with Gasteiger partial charge in [0, 0.05) is 20.1 Å². The van der Waals surface area contributed by atoms with E-state index in [1.54, 1.807) is 30.8 Å². The van der Waals surface area contributed by atoms with E-state index in [9.17, 15) is 9.50 Å². The molecule has 0 radical (unpaired) electrons. The number of aromatic nitrogens is 2. The Labute approximate surface area is 136 Å². The number of methoxy groups -OCH3 is 1. The van der Waals surface area contributed by atoms with Crippen LogP contribution in [0.4, 0.5) is 4.39 Å². The summed E-state index contributed by atoms with van der Waals surface area (Å²) in [5, 5.41) is 18.2. The predicted molar refractivity (Wildman–Crippen MR) is 86.8 cm³/mol. The van der Waals surface area contributed by atoms with Gasteiger partial charge in [0.1, 0.15) is 5.82 Å². The molecule has 0 aliphatic rings. The minimum atomic E-state index is -1.09. The van der Waals surface area contributed by atoms with Gasteiger partial charge in [0.05, 0.1) is 24.0 Å². The van der Waals surface area contributed by atoms with Crippen molar-refractivity contribution in [3.63, 3.8) is 0 Å². The fraction of sp³-hybridized carbons (Fsp3) is 0.471. The highest BCUT2D eigenvalue weighted by Crippen LogP contribution is 2.23. The Morgan fingerprint density at radius 2 is 2.00 bits per heavy atom. The lowest BCUT2D eigenvalue weighted by atomic mass is 9.96. The van der Waals surface area contributed by atoms with E-state index in [2.05, 4.69) is 10.4 Å². The number of aliphatic hydroxyl groups is 1. The van der Waals surface area contributed by atoms with Crippen molar-refractivity contribution in [2.75, 3.05) is 13.7 Å². The second-order valence-electron chi connectivity index (χ2n) is 5.80. The van der Waals surface area contributed by atoms with Crippen molar-refractivity contribution in [3.8, 4) is 5.88 Å². The normalized spacial score (nSPS) is 13.8. The summed E-state index contributed by atoms with van der Waals surface area (Å²) >= 11 is 0. The van der Waals surface area contributed by atoms with Crippen molar-refractivity contribution >= 4 is 0 Å². The lowest BCUT2D eigenvalue weighted by molar-refractivity contribution is 0.0565. The van der Waals surface area contributed by atoms with Crippen LogP contribution in [0.3, 0.4) is 0 Å². The third-order valence-electron chi connectivity index (χ3n) is 3.94. The van der Waals surface area contributed by atoms with Gasteiger partial charge in [-0.25, -0.2) is 9.07 Å². The first kappa shape index (κ1) is 17.4. The number of halogens is 1. The van der Waals surface area contributed by atoms with Gasteiger partial charge in [0.25, 0.3) is 0 Å². The summed E-state index contributed by atoms with van der Waals surface area (Å²) < 4.78 is 20.1. The Kier molecular flexibility index (Phi) is 5.38. The maximum atomic E-state index is 13.0. The van der Waals surface area contributed by atoms with Gasteiger partial charge in [0.2, 0.25) is 5.88 Å². The van der Waals surface area contributed by atoms with Gasteiger partial charge >= 0.3 is 0 Å². The Morgan fingerprint density at radius 3 is 2.57 bits per heavy atom. The van der Waals surface area contributed by atoms with Gasteiger partial charge < -0.3 is 15.2 Å². The molecule has 0 bridgehead atoms. The minimum absolute atomic E-state index is 0.315. The summed E-state index contributed by atoms with van der Waals surface area (Å²) in [6.45, 7) is 4.62. The molecular weight excluding hydrogens is 297 g/mol. The number of rotatable bonds is 7. The van der Waals surface area contributed by atoms with Crippen LogP contribution < -0.4 is 10.1 Å². The average Bonchev–Trinajstić information content (AvgIpc) is 2.82. The van der Waals surface area contributed by atoms with Gasteiger partial charge in [-0.2, -0.15) is 5.10 Å². The van der Waals surface area contributed by atoms with Crippen LogP contribution in [0.15, 0.2) is 24.3 Å². The van der Waals surface area contributed by atoms with E-state index < -0.39 is 5.60 Å². The van der Waals surface area contributed by atoms with Crippen LogP contribution in [0, 0.1) is 5.82 Å². The molecule has 2 aromatic rings. The Morgan fingerprint density at radius 1 is 1.35 bits per heavy atom. The van der Waals surface area contributed by atoms with Crippen molar-refractivity contribution in [2.45, 2.75) is 32.4 Å². The number of ether oxygens (including phenoxy) is 1. The molecule has 0 spiro atoms. The average molecular weight is 321 g/mol. The number of aryl methyl sites for hydroxylation is 2. The summed E-state index contributed by atoms with van der Waals surface area (Å²) in [4.78, 5) is 0. The zero-order chi connectivity index (χ0) is 17.0. The zero-order valence-electron chi connectivity index (χ0n) is 14.1. The van der Waals surface area contributed by atoms with Crippen LogP contribution in [-0.4, -0.2) is 28.5 Å². The standard InChI is InChI=1S/C17H24FN3O2/c1-5-15-14(16(23-4)21(3)20-15)10-19-11-17(2,22)12-6-8-13(18)9-7-12/h6-9,19,22H,5,10-11H2,1-4H3. The number of nitrogens with one attached hydrogen (secondary N) is 1. The molecule has 1 unspecified atom stereocenters. The molecule has 23 heavy (non-hydrogen) atoms. The molecule has 2 N–H and O–H groups in total. The summed E-state index contributed by atoms with van der Waals surface area (Å²) in [5.41, 5.74) is 1.54. The van der Waals surface area contributed by atoms with Crippen LogP contribution in [0.1, 0.15) is 30.7 Å². The molecule has 126 valence electrons. The first-order chi connectivity index (χ1) is 10.9. The first-order valence-corrected chi connectivity index (χ1v) is 7.67. The topological polar surface area (TPSA) is 59.3 Å². The zero-order valence-corrected chi connectivity index (χ0v) is 14.1. The third kappa shape index (κ3) is 3.89. The van der Waals surface area contributed by atoms with Gasteiger partial charge in [-0.3, -0.25) is 0 Å². The van der Waals surface area contributed by atoms with Crippen LogP contribution in [-0.2, 0) is 25.6 Å². The van der Waals surface area contributed by atoms with Gasteiger partial charge in [0.15, 0.2) is 0 Å². The van der Waals surface area contributed by atoms with Gasteiger partial charge in [-0.15, -0.1) is 0 Å². The lowest BCUT2D eigenvalue weighted by Crippen LogP contribution is -2.35. The van der Waals surface area contributed by atoms with E-state index in [1.165, 1.54) is 12.1 Å². The van der Waals surface area contributed by atoms with E-state index in [0.717, 1.165) is 23.6 Å². The molecule has 0 aliphatic carbocycles. The van der Waals surface area contributed by atoms with E-state index in [1.807, 2.05) is 14.0 Å². The molecule has 0 saturated carbocycles. The van der Waals surface area contributed by atoms with Crippen LogP contribution in [0.2, 0.25) is 0 Å². The van der Waals surface area contributed by atoms with Crippen molar-refractivity contribution < 1.29 is 14.2 Å². The molecule has 1 aromatic carbocycles. The molecule has 0 aliphatic heterocycles. The van der Waals surface area contributed by atoms with E-state index in [-0.39, 0.29) is 5.82 Å². The smallest absolute Gasteiger partial charge is 0.216 e. The molecule has 0 amide bonds. The van der Waals surface area contributed by atoms with E-state index in [4.69, 9.17) is 4.74 Å². The molecule has 2 rings (SSSR count). The lowest BCUT2D eigenvalue weighted by Gasteiger charge is -2.24. The number of hydrogen-bond donors (Lipinski definition) is 2. The summed E-state index contributed by atoms with van der Waals surface area (Å²) in [7, 11) is 3.46. The maximum Gasteiger partial charge on any atom is 0.216 e. The Hall–Kier alpha value is -1.92. The maximum absolute atomic E-state index is 13.0. The fourth-order valence-corrected chi connectivity index (χ4v) is 2.66. The second-order valence-corrected chi connectivity index (χ2v) is 5.80. The fourth-order valence-electron chi connectivity index (χ4n) is 2.66. The molecular formula is C17H24FN3O2. The predicted octanol–water partition coefficient (Wildman–Crippen LogP) is 2.13. The molecule has 5 nitrogen and oxygen atoms in total. The van der Waals surface area contributed by atoms with Crippen molar-refractivity contribution in [2.24, 2.45) is 7.05 Å². The van der Waals surface area contributed by atoms with Gasteiger partial charge in [-0.05, 0) is 31.0 Å². The number of hydrogen-bond acceptors (Lipinski definition) is 4. The van der Waals surface area contributed by atoms with Crippen LogP contribution >= 0.6 is 0 Å². The van der Waals surface area contributed by atoms with Crippen molar-refractivity contribution in [1.29, 1.82) is 0 Å². The Balaban J connectivity index is 2.05. The van der Waals surface area contributed by atoms with Crippen molar-refractivity contribution in [3.05, 3.63) is 46.9 Å². The second kappa shape index (κ2) is 7.10. The number of nitrogens with zero attached hydrogens (tertiary/aromatic N) is 2. The molecule has 1 atom stereocenters. The third-order valence-corrected chi connectivity index (χ3v) is 3.94. The molecule has 0 saturated heterocycles. The molecule has 0 fully saturated rings. The molecule has 6 heteroatoms. The number of benzene rings is 1. The first-order valence-electron chi connectivity index (χ1n) is 7.67. The monoisotopic (exact) mass is 321 g/mol. The quantitative estimate of drug-likeness (QED) is 0.820. The highest BCUT2D eigenvalue weighted by atomic mass is 19.1. The largest absolute Gasteiger partial charge is 0.481 e. The van der Waals surface area contributed by atoms with Crippen LogP contribution in [0.25, 0.3) is 0 Å². The molecule has 1 heterocycles. The summed E-state index contributed by atoms with van der Waals surface area (Å²) in [6.07, 6.45) is 0.808. The minimum Gasteiger partial charge on any atom is -0.481 e. The SMILES string of the molecule is CCc1nn(C)c(OC)c1CNCC(C)(O)c1ccc(F)cc1. The van der Waals surface area contributed by atoms with Gasteiger partial charge in [-0.1, -0.05) is 19.1 Å². The summed E-state index contributed by atoms with van der Waals surface area (Å²) in [5.74, 6) is 0.404. The molecule has 1 aromatic heterocycles. The van der Waals surface area contributed by atoms with Crippen molar-refractivity contribution in [1.82, 2.24) is 15.1 Å². The Bertz CT molecular complexity index is 651. The highest BCUT2D eigenvalue weighted by Gasteiger charge is 2.23. The van der Waals surface area contributed by atoms with E-state index >= 15 is 0 Å². The summed E-state index contributed by atoms with van der Waals surface area (Å²) in [6, 6.07) is 5.89.